The van der Waals surface area contributed by atoms with Crippen molar-refractivity contribution in [3.63, 3.8) is 0 Å². The number of nitrogens with zero attached hydrogens (tertiary/aromatic N) is 3. The summed E-state index contributed by atoms with van der Waals surface area (Å²) in [6.07, 6.45) is -9.60. The molecule has 1 heterocycles. The quantitative estimate of drug-likeness (QED) is 0.422. The number of carbonyl (C=O) groups excluding carboxylic acids is 1. The molecule has 0 aliphatic carbocycles. The molecule has 0 radical (unpaired) electrons. The van der Waals surface area contributed by atoms with Crippen LogP contribution in [-0.2, 0) is 5.92 Å². The van der Waals surface area contributed by atoms with E-state index in [0.29, 0.717) is 17.5 Å². The topological polar surface area (TPSA) is 76.6 Å². The van der Waals surface area contributed by atoms with Crippen LogP contribution in [0.1, 0.15) is 12.5 Å². The van der Waals surface area contributed by atoms with E-state index in [-0.39, 0.29) is 5.69 Å². The van der Waals surface area contributed by atoms with E-state index in [4.69, 9.17) is 0 Å². The summed E-state index contributed by atoms with van der Waals surface area (Å²) in [6.45, 7) is -3.09. The number of rotatable bonds is 7. The molecule has 0 spiro atoms. The minimum Gasteiger partial charge on any atom is -0.468 e. The molecule has 2 rings (SSSR count). The van der Waals surface area contributed by atoms with Crippen LogP contribution in [0.15, 0.2) is 28.7 Å². The number of amides is 2. The molecule has 0 bridgehead atoms. The predicted octanol–water partition coefficient (Wildman–Crippen LogP) is 5.90. The van der Waals surface area contributed by atoms with Crippen LogP contribution in [0.2, 0.25) is 0 Å². The molecule has 1 aromatic carbocycles. The van der Waals surface area contributed by atoms with Crippen LogP contribution in [0.25, 0.3) is 0 Å². The number of benzene rings is 1. The Labute approximate surface area is 195 Å². The number of aromatic nitrogens is 2. The Morgan fingerprint density at radius 1 is 0.971 bits per heavy atom. The number of nitrogens with one attached hydrogen (secondary N) is 1. The number of urea groups is 1. The molecule has 0 saturated carbocycles. The molecule has 0 aliphatic heterocycles. The Bertz CT molecular complexity index is 991. The van der Waals surface area contributed by atoms with Gasteiger partial charge in [-0.15, -0.1) is 0 Å². The minimum atomic E-state index is -4.80. The summed E-state index contributed by atoms with van der Waals surface area (Å²) in [5.41, 5.74) is -0.789. The number of carbonyl (C=O) groups is 1. The molecule has 0 aliphatic rings. The fourth-order valence-electron chi connectivity index (χ4n) is 2.36. The van der Waals surface area contributed by atoms with Gasteiger partial charge in [0.1, 0.15) is 0 Å². The van der Waals surface area contributed by atoms with Crippen LogP contribution in [0, 0.1) is 0 Å². The first-order chi connectivity index (χ1) is 15.4. The lowest BCUT2D eigenvalue weighted by atomic mass is 10.1. The van der Waals surface area contributed by atoms with Gasteiger partial charge in [-0.2, -0.15) is 36.3 Å². The monoisotopic (exact) mass is 566 g/mol. The van der Waals surface area contributed by atoms with Crippen LogP contribution in [-0.4, -0.2) is 48.6 Å². The van der Waals surface area contributed by atoms with Gasteiger partial charge >= 0.3 is 18.4 Å². The van der Waals surface area contributed by atoms with E-state index in [9.17, 15) is 39.9 Å². The van der Waals surface area contributed by atoms with Gasteiger partial charge in [-0.05, 0) is 18.2 Å². The van der Waals surface area contributed by atoms with E-state index >= 15 is 0 Å². The lowest BCUT2D eigenvalue weighted by Gasteiger charge is -2.24. The maximum absolute atomic E-state index is 14.0. The van der Waals surface area contributed by atoms with Gasteiger partial charge in [-0.1, -0.05) is 15.9 Å². The molecule has 0 fully saturated rings. The van der Waals surface area contributed by atoms with Crippen molar-refractivity contribution in [1.82, 2.24) is 9.97 Å². The van der Waals surface area contributed by atoms with Crippen LogP contribution in [0.4, 0.5) is 51.6 Å². The van der Waals surface area contributed by atoms with Gasteiger partial charge in [0.2, 0.25) is 17.7 Å². The zero-order chi connectivity index (χ0) is 25.9. The van der Waals surface area contributed by atoms with Gasteiger partial charge in [0.25, 0.3) is 5.92 Å². The summed E-state index contributed by atoms with van der Waals surface area (Å²) in [5.74, 6) is -5.87. The summed E-state index contributed by atoms with van der Waals surface area (Å²) < 4.78 is 112. The summed E-state index contributed by atoms with van der Waals surface area (Å²) in [5, 5.41) is 1.99. The normalized spacial score (nSPS) is 12.3. The fraction of sp³-hybridized carbons (Fsp3) is 0.389. The molecule has 0 saturated heterocycles. The smallest absolute Gasteiger partial charge is 0.422 e. The van der Waals surface area contributed by atoms with Crippen molar-refractivity contribution in [2.45, 2.75) is 25.2 Å². The molecule has 2 amide bonds. The molecule has 34 heavy (non-hydrogen) atoms. The minimum absolute atomic E-state index is 0.244. The first kappa shape index (κ1) is 27.3. The second-order valence-corrected chi connectivity index (χ2v) is 7.63. The molecule has 1 N–H and O–H groups in total. The van der Waals surface area contributed by atoms with E-state index in [1.165, 1.54) is 12.1 Å². The summed E-state index contributed by atoms with van der Waals surface area (Å²) in [4.78, 5) is 20.2. The molecule has 16 heteroatoms. The van der Waals surface area contributed by atoms with Gasteiger partial charge in [-0.25, -0.2) is 13.6 Å². The zero-order valence-electron chi connectivity index (χ0n) is 17.2. The molecule has 1 aromatic heterocycles. The van der Waals surface area contributed by atoms with Crippen molar-refractivity contribution in [3.8, 4) is 11.8 Å². The maximum Gasteiger partial charge on any atom is 0.422 e. The average Bonchev–Trinajstić information content (AvgIpc) is 2.68. The Morgan fingerprint density at radius 3 is 1.91 bits per heavy atom. The maximum atomic E-state index is 14.0. The molecular formula is C18H15BrF8N4O3. The van der Waals surface area contributed by atoms with E-state index < -0.39 is 60.8 Å². The van der Waals surface area contributed by atoms with Gasteiger partial charge < -0.3 is 9.47 Å². The first-order valence-corrected chi connectivity index (χ1v) is 9.74. The van der Waals surface area contributed by atoms with Crippen molar-refractivity contribution in [1.29, 1.82) is 0 Å². The highest BCUT2D eigenvalue weighted by Gasteiger charge is 2.32. The highest BCUT2D eigenvalue weighted by atomic mass is 79.9. The first-order valence-electron chi connectivity index (χ1n) is 8.95. The summed E-state index contributed by atoms with van der Waals surface area (Å²) >= 11 is 3.04. The zero-order valence-corrected chi connectivity index (χ0v) is 18.8. The van der Waals surface area contributed by atoms with Crippen LogP contribution in [0.5, 0.6) is 11.8 Å². The van der Waals surface area contributed by atoms with Crippen molar-refractivity contribution in [3.05, 3.63) is 34.3 Å². The molecule has 188 valence electrons. The van der Waals surface area contributed by atoms with Gasteiger partial charge in [-0.3, -0.25) is 10.2 Å². The lowest BCUT2D eigenvalue weighted by Crippen LogP contribution is -2.33. The molecular weight excluding hydrogens is 552 g/mol. The van der Waals surface area contributed by atoms with Crippen LogP contribution in [0.3, 0.4) is 0 Å². The van der Waals surface area contributed by atoms with Crippen molar-refractivity contribution < 1.29 is 49.4 Å². The summed E-state index contributed by atoms with van der Waals surface area (Å²) in [7, 11) is 1.10. The van der Waals surface area contributed by atoms with E-state index in [0.717, 1.165) is 18.0 Å². The molecule has 0 unspecified atom stereocenters. The average molecular weight is 567 g/mol. The van der Waals surface area contributed by atoms with E-state index in [1.807, 2.05) is 5.32 Å². The molecule has 0 atom stereocenters. The molecule has 7 nitrogen and oxygen atoms in total. The van der Waals surface area contributed by atoms with Gasteiger partial charge in [0, 0.05) is 24.0 Å². The van der Waals surface area contributed by atoms with Gasteiger partial charge in [0.15, 0.2) is 13.2 Å². The van der Waals surface area contributed by atoms with Crippen LogP contribution < -0.4 is 19.7 Å². The number of hydrogen-bond acceptors (Lipinski definition) is 5. The third-order valence-corrected chi connectivity index (χ3v) is 4.26. The third-order valence-electron chi connectivity index (χ3n) is 3.76. The Kier molecular flexibility index (Phi) is 8.16. The third kappa shape index (κ3) is 8.46. The number of alkyl halides is 8. The van der Waals surface area contributed by atoms with Crippen molar-refractivity contribution in [2.24, 2.45) is 0 Å². The SMILES string of the molecule is CN(C(=O)Nc1nc(OCC(F)(F)F)cc(OCC(F)(F)F)n1)c1ccc(Br)cc1C(C)(F)F. The van der Waals surface area contributed by atoms with Crippen LogP contribution >= 0.6 is 15.9 Å². The second-order valence-electron chi connectivity index (χ2n) is 6.71. The highest BCUT2D eigenvalue weighted by Crippen LogP contribution is 2.36. The predicted molar refractivity (Wildman–Crippen MR) is 106 cm³/mol. The molecule has 2 aromatic rings. The Hall–Kier alpha value is -2.91. The number of halogens is 9. The Morgan fingerprint density at radius 2 is 1.47 bits per heavy atom. The standard InChI is InChI=1S/C18H15BrF8N4O3/c1-16(20,21)10-5-9(19)3-4-11(10)31(2)15(32)30-14-28-12(33-7-17(22,23)24)6-13(29-14)34-8-18(25,26)27/h3-6H,7-8H2,1-2H3,(H,28,29,30,32). The van der Waals surface area contributed by atoms with Crippen molar-refractivity contribution in [2.75, 3.05) is 30.5 Å². The number of ether oxygens (including phenoxy) is 2. The van der Waals surface area contributed by atoms with Gasteiger partial charge in [0.05, 0.1) is 11.8 Å². The van der Waals surface area contributed by atoms with E-state index in [1.54, 1.807) is 0 Å². The Balaban J connectivity index is 2.32. The van der Waals surface area contributed by atoms with Crippen molar-refractivity contribution >= 4 is 33.6 Å². The fourth-order valence-corrected chi connectivity index (χ4v) is 2.72. The lowest BCUT2D eigenvalue weighted by molar-refractivity contribution is -0.154. The van der Waals surface area contributed by atoms with E-state index in [2.05, 4.69) is 35.4 Å². The second kappa shape index (κ2) is 10.1. The number of anilines is 2. The summed E-state index contributed by atoms with van der Waals surface area (Å²) in [6, 6.07) is 3.06. The largest absolute Gasteiger partial charge is 0.468 e. The number of hydrogen-bond donors (Lipinski definition) is 1. The highest BCUT2D eigenvalue weighted by molar-refractivity contribution is 9.10.